The summed E-state index contributed by atoms with van der Waals surface area (Å²) in [6, 6.07) is 8.94. The number of carbonyl (C=O) groups excluding carboxylic acids is 1. The summed E-state index contributed by atoms with van der Waals surface area (Å²) in [5.74, 6) is 1.06. The Balaban J connectivity index is 2.24. The molecule has 0 fully saturated rings. The SMILES string of the molecule is COc1ccc2c(c1)c(=O)oc1c(C)c(O[C@H](C)C(C)=O)ccc12. The van der Waals surface area contributed by atoms with Crippen LogP contribution in [0.1, 0.15) is 19.4 Å². The van der Waals surface area contributed by atoms with Gasteiger partial charge in [0.05, 0.1) is 12.5 Å². The lowest BCUT2D eigenvalue weighted by atomic mass is 10.0. The summed E-state index contributed by atoms with van der Waals surface area (Å²) >= 11 is 0. The first kappa shape index (κ1) is 16.1. The van der Waals surface area contributed by atoms with Gasteiger partial charge in [-0.1, -0.05) is 0 Å². The molecule has 5 nitrogen and oxygen atoms in total. The molecule has 0 unspecified atom stereocenters. The molecule has 0 aliphatic heterocycles. The Labute approximate surface area is 138 Å². The quantitative estimate of drug-likeness (QED) is 0.541. The molecule has 0 radical (unpaired) electrons. The minimum absolute atomic E-state index is 0.0680. The number of rotatable bonds is 4. The fourth-order valence-corrected chi connectivity index (χ4v) is 2.62. The molecule has 0 amide bonds. The second kappa shape index (κ2) is 6.00. The minimum Gasteiger partial charge on any atom is -0.497 e. The van der Waals surface area contributed by atoms with Gasteiger partial charge in [0, 0.05) is 16.3 Å². The topological polar surface area (TPSA) is 65.7 Å². The Hall–Kier alpha value is -2.82. The summed E-state index contributed by atoms with van der Waals surface area (Å²) in [7, 11) is 1.55. The first-order chi connectivity index (χ1) is 11.4. The number of ketones is 1. The van der Waals surface area contributed by atoms with Gasteiger partial charge in [-0.15, -0.1) is 0 Å². The predicted molar refractivity (Wildman–Crippen MR) is 92.1 cm³/mol. The highest BCUT2D eigenvalue weighted by molar-refractivity contribution is 6.06. The van der Waals surface area contributed by atoms with Crippen LogP contribution in [0.25, 0.3) is 21.7 Å². The van der Waals surface area contributed by atoms with Crippen molar-refractivity contribution in [2.45, 2.75) is 26.9 Å². The fourth-order valence-electron chi connectivity index (χ4n) is 2.62. The molecule has 3 rings (SSSR count). The summed E-state index contributed by atoms with van der Waals surface area (Å²) in [6.45, 7) is 4.97. The van der Waals surface area contributed by atoms with Gasteiger partial charge in [0.1, 0.15) is 17.1 Å². The van der Waals surface area contributed by atoms with Crippen molar-refractivity contribution in [3.63, 3.8) is 0 Å². The van der Waals surface area contributed by atoms with Crippen LogP contribution in [0.3, 0.4) is 0 Å². The van der Waals surface area contributed by atoms with Crippen LogP contribution in [0.4, 0.5) is 0 Å². The first-order valence-corrected chi connectivity index (χ1v) is 7.63. The summed E-state index contributed by atoms with van der Waals surface area (Å²) in [6.07, 6.45) is -0.558. The standard InChI is InChI=1S/C19H18O5/c1-10-17(23-12(3)11(2)20)8-7-15-14-6-5-13(22-4)9-16(14)19(21)24-18(10)15/h5-9,12H,1-4H3/t12-/m1/s1. The molecule has 0 saturated carbocycles. The molecule has 1 atom stereocenters. The average Bonchev–Trinajstić information content (AvgIpc) is 2.57. The summed E-state index contributed by atoms with van der Waals surface area (Å²) in [5, 5.41) is 2.07. The number of hydrogen-bond donors (Lipinski definition) is 0. The van der Waals surface area contributed by atoms with E-state index in [9.17, 15) is 9.59 Å². The van der Waals surface area contributed by atoms with Crippen LogP contribution >= 0.6 is 0 Å². The van der Waals surface area contributed by atoms with E-state index in [0.717, 1.165) is 10.8 Å². The van der Waals surface area contributed by atoms with Crippen LogP contribution in [-0.2, 0) is 4.79 Å². The van der Waals surface area contributed by atoms with Gasteiger partial charge >= 0.3 is 5.63 Å². The maximum absolute atomic E-state index is 12.3. The van der Waals surface area contributed by atoms with E-state index in [1.165, 1.54) is 6.92 Å². The highest BCUT2D eigenvalue weighted by Gasteiger charge is 2.16. The fraction of sp³-hybridized carbons (Fsp3) is 0.263. The number of carbonyl (C=O) groups is 1. The Morgan fingerprint density at radius 3 is 2.50 bits per heavy atom. The van der Waals surface area contributed by atoms with Gasteiger partial charge in [-0.2, -0.15) is 0 Å². The first-order valence-electron chi connectivity index (χ1n) is 7.63. The molecule has 0 saturated heterocycles. The number of fused-ring (bicyclic) bond motifs is 3. The highest BCUT2D eigenvalue weighted by atomic mass is 16.5. The van der Waals surface area contributed by atoms with Crippen LogP contribution in [0.2, 0.25) is 0 Å². The Kier molecular flexibility index (Phi) is 4.01. The molecule has 0 bridgehead atoms. The zero-order valence-corrected chi connectivity index (χ0v) is 14.0. The van der Waals surface area contributed by atoms with E-state index in [-0.39, 0.29) is 5.78 Å². The van der Waals surface area contributed by atoms with Crippen LogP contribution in [0.5, 0.6) is 11.5 Å². The summed E-state index contributed by atoms with van der Waals surface area (Å²) < 4.78 is 16.3. The van der Waals surface area contributed by atoms with Crippen molar-refractivity contribution in [1.29, 1.82) is 0 Å². The van der Waals surface area contributed by atoms with Crippen LogP contribution in [0, 0.1) is 6.92 Å². The zero-order chi connectivity index (χ0) is 17.4. The molecule has 3 aromatic rings. The third-order valence-electron chi connectivity index (χ3n) is 4.16. The molecule has 24 heavy (non-hydrogen) atoms. The summed E-state index contributed by atoms with van der Waals surface area (Å²) in [4.78, 5) is 23.7. The Bertz CT molecular complexity index is 1000. The largest absolute Gasteiger partial charge is 0.497 e. The zero-order valence-electron chi connectivity index (χ0n) is 14.0. The predicted octanol–water partition coefficient (Wildman–Crippen LogP) is 3.62. The lowest BCUT2D eigenvalue weighted by Crippen LogP contribution is -2.21. The van der Waals surface area contributed by atoms with Gasteiger partial charge in [-0.05, 0) is 51.1 Å². The molecule has 124 valence electrons. The maximum atomic E-state index is 12.3. The third-order valence-corrected chi connectivity index (χ3v) is 4.16. The number of ether oxygens (including phenoxy) is 2. The normalized spacial score (nSPS) is 12.3. The van der Waals surface area contributed by atoms with Gasteiger partial charge in [0.25, 0.3) is 0 Å². The van der Waals surface area contributed by atoms with Crippen LogP contribution in [-0.4, -0.2) is 19.0 Å². The average molecular weight is 326 g/mol. The number of aryl methyl sites for hydroxylation is 1. The second-order valence-corrected chi connectivity index (χ2v) is 5.74. The molecule has 1 heterocycles. The van der Waals surface area contributed by atoms with Gasteiger partial charge in [0.15, 0.2) is 11.9 Å². The monoisotopic (exact) mass is 326 g/mol. The molecule has 0 aliphatic carbocycles. The number of benzene rings is 2. The molecule has 0 aliphatic rings. The molecular formula is C19H18O5. The molecule has 0 spiro atoms. The van der Waals surface area contributed by atoms with Gasteiger partial charge < -0.3 is 13.9 Å². The van der Waals surface area contributed by atoms with E-state index in [4.69, 9.17) is 13.9 Å². The van der Waals surface area contributed by atoms with Crippen LogP contribution < -0.4 is 15.1 Å². The highest BCUT2D eigenvalue weighted by Crippen LogP contribution is 2.32. The van der Waals surface area contributed by atoms with E-state index in [2.05, 4.69) is 0 Å². The van der Waals surface area contributed by atoms with E-state index < -0.39 is 11.7 Å². The van der Waals surface area contributed by atoms with Crippen molar-refractivity contribution < 1.29 is 18.7 Å². The lowest BCUT2D eigenvalue weighted by molar-refractivity contribution is -0.122. The lowest BCUT2D eigenvalue weighted by Gasteiger charge is -2.15. The van der Waals surface area contributed by atoms with Gasteiger partial charge in [0.2, 0.25) is 0 Å². The maximum Gasteiger partial charge on any atom is 0.344 e. The van der Waals surface area contributed by atoms with E-state index in [1.807, 2.05) is 19.1 Å². The molecule has 5 heteroatoms. The Morgan fingerprint density at radius 2 is 1.83 bits per heavy atom. The van der Waals surface area contributed by atoms with Crippen molar-refractivity contribution >= 4 is 27.5 Å². The smallest absolute Gasteiger partial charge is 0.344 e. The van der Waals surface area contributed by atoms with E-state index >= 15 is 0 Å². The number of hydrogen-bond acceptors (Lipinski definition) is 5. The Morgan fingerprint density at radius 1 is 1.12 bits per heavy atom. The third kappa shape index (κ3) is 2.62. The molecular weight excluding hydrogens is 308 g/mol. The molecule has 0 N–H and O–H groups in total. The van der Waals surface area contributed by atoms with Crippen molar-refractivity contribution in [2.24, 2.45) is 0 Å². The summed E-state index contributed by atoms with van der Waals surface area (Å²) in [5.41, 5.74) is 0.720. The van der Waals surface area contributed by atoms with Gasteiger partial charge in [-0.25, -0.2) is 4.79 Å². The van der Waals surface area contributed by atoms with Crippen molar-refractivity contribution in [3.05, 3.63) is 46.3 Å². The van der Waals surface area contributed by atoms with Gasteiger partial charge in [-0.3, -0.25) is 4.79 Å². The van der Waals surface area contributed by atoms with E-state index in [0.29, 0.717) is 28.0 Å². The second-order valence-electron chi connectivity index (χ2n) is 5.74. The molecule has 1 aromatic heterocycles. The minimum atomic E-state index is -0.558. The number of Topliss-reactive ketones (excluding diaryl/α,β-unsaturated/α-hetero) is 1. The van der Waals surface area contributed by atoms with E-state index in [1.54, 1.807) is 32.2 Å². The van der Waals surface area contributed by atoms with Crippen LogP contribution in [0.15, 0.2) is 39.5 Å². The van der Waals surface area contributed by atoms with Crippen molar-refractivity contribution in [3.8, 4) is 11.5 Å². The van der Waals surface area contributed by atoms with Crippen molar-refractivity contribution in [2.75, 3.05) is 7.11 Å². The number of methoxy groups -OCH3 is 1. The van der Waals surface area contributed by atoms with Crippen molar-refractivity contribution in [1.82, 2.24) is 0 Å². The molecule has 2 aromatic carbocycles.